The van der Waals surface area contributed by atoms with E-state index in [1.807, 2.05) is 44.2 Å². The molecule has 8 heteroatoms. The Morgan fingerprint density at radius 2 is 1.94 bits per heavy atom. The van der Waals surface area contributed by atoms with Crippen molar-refractivity contribution in [3.8, 4) is 5.75 Å². The Morgan fingerprint density at radius 1 is 1.20 bits per heavy atom. The Morgan fingerprint density at radius 3 is 2.66 bits per heavy atom. The number of aliphatic hydroxyl groups excluding tert-OH is 2. The van der Waals surface area contributed by atoms with Crippen LogP contribution in [-0.4, -0.2) is 60.1 Å². The number of hydrogen-bond donors (Lipinski definition) is 2. The predicted molar refractivity (Wildman–Crippen MR) is 133 cm³/mol. The summed E-state index contributed by atoms with van der Waals surface area (Å²) in [5.74, 6) is -0.957. The average Bonchev–Trinajstić information content (AvgIpc) is 3.37. The molecule has 0 unspecified atom stereocenters. The summed E-state index contributed by atoms with van der Waals surface area (Å²) in [6.45, 7) is 4.69. The Labute approximate surface area is 212 Å². The molecule has 0 radical (unpaired) electrons. The second-order valence-corrected chi connectivity index (χ2v) is 9.79. The molecule has 0 amide bonds. The Bertz CT molecular complexity index is 863. The molecule has 1 aromatic rings. The fraction of sp³-hybridized carbons (Fsp3) is 0.593. The normalized spacial score (nSPS) is 26.2. The van der Waals surface area contributed by atoms with Gasteiger partial charge in [0.15, 0.2) is 0 Å². The number of rotatable bonds is 12. The highest BCUT2D eigenvalue weighted by Crippen LogP contribution is 2.38. The quantitative estimate of drug-likeness (QED) is 0.318. The SMILES string of the molecule is CC(C)OC(=O)CC/C=C\CC[C@@H]1[C@@H](/C=C/C2(COc3cccc(Cl)c3)OCCO2)[C@H](O)C[C@@H]1O. The maximum absolute atomic E-state index is 11.6. The molecule has 1 aromatic carbocycles. The first-order chi connectivity index (χ1) is 16.8. The topological polar surface area (TPSA) is 94.5 Å². The van der Waals surface area contributed by atoms with Crippen molar-refractivity contribution in [1.82, 2.24) is 0 Å². The van der Waals surface area contributed by atoms with Gasteiger partial charge in [0, 0.05) is 23.8 Å². The minimum absolute atomic E-state index is 0.0934. The van der Waals surface area contributed by atoms with E-state index in [4.69, 9.17) is 30.5 Å². The number of carbonyl (C=O) groups excluding carboxylic acids is 1. The molecule has 194 valence electrons. The van der Waals surface area contributed by atoms with Crippen molar-refractivity contribution < 1.29 is 34.0 Å². The Balaban J connectivity index is 1.54. The lowest BCUT2D eigenvalue weighted by atomic mass is 9.88. The number of benzene rings is 1. The van der Waals surface area contributed by atoms with E-state index in [1.165, 1.54) is 0 Å². The van der Waals surface area contributed by atoms with Gasteiger partial charge < -0.3 is 29.2 Å². The summed E-state index contributed by atoms with van der Waals surface area (Å²) >= 11 is 6.04. The van der Waals surface area contributed by atoms with Crippen molar-refractivity contribution in [2.45, 2.75) is 70.1 Å². The standard InChI is InChI=1S/C27H37ClO7/c1-19(2)35-26(31)11-6-4-3-5-10-22-23(25(30)17-24(22)29)12-13-27(33-14-15-34-27)18-32-21-9-7-8-20(28)16-21/h3-4,7-9,12-13,16,19,22-25,29-30H,5-6,10-11,14-15,17-18H2,1-2H3/b4-3-,13-12+/t22-,23-,24+,25-/m1/s1. The molecule has 1 aliphatic carbocycles. The van der Waals surface area contributed by atoms with Crippen LogP contribution in [0.2, 0.25) is 5.02 Å². The highest BCUT2D eigenvalue weighted by molar-refractivity contribution is 6.30. The number of esters is 1. The molecule has 1 heterocycles. The van der Waals surface area contributed by atoms with E-state index in [0.717, 1.165) is 6.42 Å². The van der Waals surface area contributed by atoms with Gasteiger partial charge in [-0.1, -0.05) is 35.9 Å². The largest absolute Gasteiger partial charge is 0.488 e. The van der Waals surface area contributed by atoms with Crippen LogP contribution in [0.1, 0.15) is 46.0 Å². The molecular formula is C27H37ClO7. The van der Waals surface area contributed by atoms with Gasteiger partial charge in [-0.05, 0) is 63.3 Å². The zero-order chi connectivity index (χ0) is 25.3. The summed E-state index contributed by atoms with van der Waals surface area (Å²) in [6, 6.07) is 7.12. The molecule has 7 nitrogen and oxygen atoms in total. The van der Waals surface area contributed by atoms with Crippen LogP contribution in [0, 0.1) is 11.8 Å². The monoisotopic (exact) mass is 508 g/mol. The maximum atomic E-state index is 11.6. The van der Waals surface area contributed by atoms with E-state index in [1.54, 1.807) is 18.2 Å². The first-order valence-electron chi connectivity index (χ1n) is 12.3. The minimum Gasteiger partial charge on any atom is -0.488 e. The lowest BCUT2D eigenvalue weighted by Gasteiger charge is -2.26. The van der Waals surface area contributed by atoms with E-state index < -0.39 is 18.0 Å². The first-order valence-corrected chi connectivity index (χ1v) is 12.7. The van der Waals surface area contributed by atoms with Gasteiger partial charge >= 0.3 is 5.97 Å². The van der Waals surface area contributed by atoms with Crippen LogP contribution in [0.3, 0.4) is 0 Å². The van der Waals surface area contributed by atoms with Gasteiger partial charge in [0.2, 0.25) is 5.79 Å². The van der Waals surface area contributed by atoms with Crippen molar-refractivity contribution in [2.24, 2.45) is 11.8 Å². The van der Waals surface area contributed by atoms with Crippen LogP contribution in [0.5, 0.6) is 5.75 Å². The number of halogens is 1. The molecule has 1 saturated heterocycles. The summed E-state index contributed by atoms with van der Waals surface area (Å²) in [5.41, 5.74) is 0. The van der Waals surface area contributed by atoms with Crippen molar-refractivity contribution in [3.05, 3.63) is 53.6 Å². The number of allylic oxidation sites excluding steroid dienone is 2. The summed E-state index contributed by atoms with van der Waals surface area (Å²) in [7, 11) is 0. The smallest absolute Gasteiger partial charge is 0.306 e. The van der Waals surface area contributed by atoms with Gasteiger partial charge in [0.05, 0.1) is 31.5 Å². The van der Waals surface area contributed by atoms with Crippen molar-refractivity contribution in [3.63, 3.8) is 0 Å². The lowest BCUT2D eigenvalue weighted by molar-refractivity contribution is -0.147. The van der Waals surface area contributed by atoms with E-state index in [0.29, 0.717) is 49.7 Å². The third-order valence-corrected chi connectivity index (χ3v) is 6.45. The fourth-order valence-electron chi connectivity index (χ4n) is 4.52. The number of ether oxygens (including phenoxy) is 4. The van der Waals surface area contributed by atoms with E-state index >= 15 is 0 Å². The summed E-state index contributed by atoms with van der Waals surface area (Å²) in [5, 5.41) is 21.7. The van der Waals surface area contributed by atoms with Crippen LogP contribution in [0.25, 0.3) is 0 Å². The molecule has 0 bridgehead atoms. The van der Waals surface area contributed by atoms with Crippen LogP contribution >= 0.6 is 11.6 Å². The van der Waals surface area contributed by atoms with E-state index in [2.05, 4.69) is 0 Å². The number of carbonyl (C=O) groups is 1. The fourth-order valence-corrected chi connectivity index (χ4v) is 4.70. The molecule has 2 fully saturated rings. The van der Waals surface area contributed by atoms with Gasteiger partial charge in [-0.3, -0.25) is 4.79 Å². The van der Waals surface area contributed by atoms with Gasteiger partial charge in [-0.25, -0.2) is 0 Å². The average molecular weight is 509 g/mol. The van der Waals surface area contributed by atoms with Gasteiger partial charge in [0.25, 0.3) is 0 Å². The molecule has 35 heavy (non-hydrogen) atoms. The predicted octanol–water partition coefficient (Wildman–Crippen LogP) is 4.44. The van der Waals surface area contributed by atoms with Crippen molar-refractivity contribution >= 4 is 17.6 Å². The highest BCUT2D eigenvalue weighted by Gasteiger charge is 2.41. The van der Waals surface area contributed by atoms with Gasteiger partial charge in [-0.15, -0.1) is 0 Å². The molecule has 2 N–H and O–H groups in total. The third kappa shape index (κ3) is 8.62. The van der Waals surface area contributed by atoms with Crippen molar-refractivity contribution in [2.75, 3.05) is 19.8 Å². The van der Waals surface area contributed by atoms with Gasteiger partial charge in [0.1, 0.15) is 12.4 Å². The molecule has 3 rings (SSSR count). The highest BCUT2D eigenvalue weighted by atomic mass is 35.5. The number of hydrogen-bond acceptors (Lipinski definition) is 7. The molecule has 0 spiro atoms. The molecule has 4 atom stereocenters. The second-order valence-electron chi connectivity index (χ2n) is 9.35. The van der Waals surface area contributed by atoms with E-state index in [-0.39, 0.29) is 30.5 Å². The van der Waals surface area contributed by atoms with E-state index in [9.17, 15) is 15.0 Å². The van der Waals surface area contributed by atoms with Crippen LogP contribution in [-0.2, 0) is 19.0 Å². The molecule has 1 aliphatic heterocycles. The van der Waals surface area contributed by atoms with Crippen molar-refractivity contribution in [1.29, 1.82) is 0 Å². The van der Waals surface area contributed by atoms with Crippen LogP contribution in [0.15, 0.2) is 48.6 Å². The third-order valence-electron chi connectivity index (χ3n) is 6.22. The first kappa shape index (κ1) is 27.7. The summed E-state index contributed by atoms with van der Waals surface area (Å²) in [4.78, 5) is 11.6. The van der Waals surface area contributed by atoms with Crippen LogP contribution < -0.4 is 4.74 Å². The van der Waals surface area contributed by atoms with Gasteiger partial charge in [-0.2, -0.15) is 0 Å². The van der Waals surface area contributed by atoms with Crippen LogP contribution in [0.4, 0.5) is 0 Å². The maximum Gasteiger partial charge on any atom is 0.306 e. The molecule has 2 aliphatic rings. The lowest BCUT2D eigenvalue weighted by Crippen LogP contribution is -2.35. The minimum atomic E-state index is -1.05. The Kier molecular flexibility index (Phi) is 10.6. The zero-order valence-electron chi connectivity index (χ0n) is 20.5. The molecular weight excluding hydrogens is 472 g/mol. The Hall–Kier alpha value is -1.90. The zero-order valence-corrected chi connectivity index (χ0v) is 21.2. The molecule has 0 aromatic heterocycles. The number of aliphatic hydroxyl groups is 2. The summed E-state index contributed by atoms with van der Waals surface area (Å²) in [6.07, 6.45) is 9.11. The molecule has 1 saturated carbocycles. The second kappa shape index (κ2) is 13.4. The summed E-state index contributed by atoms with van der Waals surface area (Å²) < 4.78 is 22.7.